The molecule has 0 amide bonds. The van der Waals surface area contributed by atoms with Gasteiger partial charge in [0.15, 0.2) is 0 Å². The van der Waals surface area contributed by atoms with E-state index in [0.29, 0.717) is 22.9 Å². The van der Waals surface area contributed by atoms with Crippen LogP contribution in [0.5, 0.6) is 11.5 Å². The first kappa shape index (κ1) is 16.1. The minimum Gasteiger partial charge on any atom is -0.496 e. The summed E-state index contributed by atoms with van der Waals surface area (Å²) in [6.07, 6.45) is -0.650. The highest BCUT2D eigenvalue weighted by Gasteiger charge is 2.11. The van der Waals surface area contributed by atoms with E-state index in [0.717, 1.165) is 15.8 Å². The van der Waals surface area contributed by atoms with Crippen molar-refractivity contribution in [3.8, 4) is 11.5 Å². The number of aliphatic hydroxyl groups is 1. The molecule has 0 aromatic heterocycles. The van der Waals surface area contributed by atoms with Gasteiger partial charge in [0, 0.05) is 20.6 Å². The molecule has 2 rings (SSSR count). The molecule has 3 nitrogen and oxygen atoms in total. The lowest BCUT2D eigenvalue weighted by Crippen LogP contribution is -2.02. The molecule has 1 N–H and O–H groups in total. The third kappa shape index (κ3) is 4.13. The third-order valence-electron chi connectivity index (χ3n) is 3.05. The maximum absolute atomic E-state index is 9.80. The van der Waals surface area contributed by atoms with Crippen molar-refractivity contribution in [2.24, 2.45) is 0 Å². The first-order chi connectivity index (χ1) is 10.0. The monoisotopic (exact) mass is 370 g/mol. The Hall–Kier alpha value is -1.23. The molecular formula is C16H16BrClO3. The van der Waals surface area contributed by atoms with Crippen LogP contribution in [-0.4, -0.2) is 12.2 Å². The molecule has 21 heavy (non-hydrogen) atoms. The van der Waals surface area contributed by atoms with Crippen LogP contribution in [0.1, 0.15) is 24.2 Å². The molecule has 2 aromatic carbocycles. The summed E-state index contributed by atoms with van der Waals surface area (Å²) in [5.74, 6) is 1.36. The predicted molar refractivity (Wildman–Crippen MR) is 87.1 cm³/mol. The number of rotatable bonds is 5. The van der Waals surface area contributed by atoms with Crippen molar-refractivity contribution >= 4 is 27.5 Å². The summed E-state index contributed by atoms with van der Waals surface area (Å²) in [7, 11) is 1.62. The minimum absolute atomic E-state index is 0.337. The minimum atomic E-state index is -0.650. The Labute approximate surface area is 137 Å². The van der Waals surface area contributed by atoms with E-state index in [1.165, 1.54) is 0 Å². The first-order valence-electron chi connectivity index (χ1n) is 6.44. The summed E-state index contributed by atoms with van der Waals surface area (Å²) in [5.41, 5.74) is 1.58. The molecule has 0 spiro atoms. The Balaban J connectivity index is 2.22. The molecule has 112 valence electrons. The summed E-state index contributed by atoms with van der Waals surface area (Å²) in [6.45, 7) is 2.02. The van der Waals surface area contributed by atoms with Gasteiger partial charge in [-0.05, 0) is 43.3 Å². The predicted octanol–water partition coefficient (Wildman–Crippen LogP) is 4.74. The maximum Gasteiger partial charge on any atom is 0.125 e. The van der Waals surface area contributed by atoms with E-state index < -0.39 is 6.10 Å². The van der Waals surface area contributed by atoms with Crippen LogP contribution in [0.3, 0.4) is 0 Å². The van der Waals surface area contributed by atoms with Gasteiger partial charge in [-0.1, -0.05) is 27.5 Å². The quantitative estimate of drug-likeness (QED) is 0.825. The molecule has 1 atom stereocenters. The molecule has 0 aliphatic heterocycles. The summed E-state index contributed by atoms with van der Waals surface area (Å²) in [4.78, 5) is 0. The SMILES string of the molecule is COc1ccc(Br)cc1COc1ccc(Cl)cc1[C@H](C)O. The molecule has 0 fully saturated rings. The Kier molecular flexibility index (Phi) is 5.51. The lowest BCUT2D eigenvalue weighted by molar-refractivity contribution is 0.190. The lowest BCUT2D eigenvalue weighted by atomic mass is 10.1. The molecule has 0 unspecified atom stereocenters. The van der Waals surface area contributed by atoms with Crippen LogP contribution in [0.4, 0.5) is 0 Å². The van der Waals surface area contributed by atoms with Gasteiger partial charge in [0.2, 0.25) is 0 Å². The summed E-state index contributed by atoms with van der Waals surface area (Å²) < 4.78 is 12.1. The molecule has 0 saturated carbocycles. The summed E-state index contributed by atoms with van der Waals surface area (Å²) >= 11 is 9.38. The van der Waals surface area contributed by atoms with Crippen LogP contribution < -0.4 is 9.47 Å². The van der Waals surface area contributed by atoms with Crippen molar-refractivity contribution < 1.29 is 14.6 Å². The van der Waals surface area contributed by atoms with E-state index in [1.54, 1.807) is 32.2 Å². The highest BCUT2D eigenvalue weighted by atomic mass is 79.9. The lowest BCUT2D eigenvalue weighted by Gasteiger charge is -2.15. The van der Waals surface area contributed by atoms with Gasteiger partial charge in [-0.3, -0.25) is 0 Å². The first-order valence-corrected chi connectivity index (χ1v) is 7.61. The second-order valence-electron chi connectivity index (χ2n) is 4.60. The van der Waals surface area contributed by atoms with Gasteiger partial charge in [-0.25, -0.2) is 0 Å². The Morgan fingerprint density at radius 2 is 1.90 bits per heavy atom. The molecule has 5 heteroatoms. The maximum atomic E-state index is 9.80. The molecule has 0 aliphatic carbocycles. The zero-order chi connectivity index (χ0) is 15.4. The standard InChI is InChI=1S/C16H16BrClO3/c1-10(19)14-8-13(18)4-6-16(14)21-9-11-7-12(17)3-5-15(11)20-2/h3-8,10,19H,9H2,1-2H3/t10-/m0/s1. The van der Waals surface area contributed by atoms with E-state index in [-0.39, 0.29) is 0 Å². The molecule has 0 bridgehead atoms. The number of aliphatic hydroxyl groups excluding tert-OH is 1. The van der Waals surface area contributed by atoms with Gasteiger partial charge in [-0.2, -0.15) is 0 Å². The van der Waals surface area contributed by atoms with Crippen LogP contribution in [0, 0.1) is 0 Å². The number of hydrogen-bond acceptors (Lipinski definition) is 3. The van der Waals surface area contributed by atoms with E-state index >= 15 is 0 Å². The number of benzene rings is 2. The largest absolute Gasteiger partial charge is 0.496 e. The van der Waals surface area contributed by atoms with Gasteiger partial charge in [0.25, 0.3) is 0 Å². The van der Waals surface area contributed by atoms with Crippen molar-refractivity contribution in [3.05, 3.63) is 57.0 Å². The Morgan fingerprint density at radius 3 is 2.57 bits per heavy atom. The van der Waals surface area contributed by atoms with Crippen LogP contribution >= 0.6 is 27.5 Å². The number of methoxy groups -OCH3 is 1. The van der Waals surface area contributed by atoms with Crippen molar-refractivity contribution in [2.45, 2.75) is 19.6 Å². The van der Waals surface area contributed by atoms with E-state index in [1.807, 2.05) is 18.2 Å². The van der Waals surface area contributed by atoms with E-state index in [4.69, 9.17) is 21.1 Å². The Bertz CT molecular complexity index is 629. The molecule has 2 aromatic rings. The van der Waals surface area contributed by atoms with Crippen molar-refractivity contribution in [2.75, 3.05) is 7.11 Å². The van der Waals surface area contributed by atoms with E-state index in [9.17, 15) is 5.11 Å². The fourth-order valence-electron chi connectivity index (χ4n) is 1.99. The van der Waals surface area contributed by atoms with Gasteiger partial charge in [-0.15, -0.1) is 0 Å². The molecule has 0 saturated heterocycles. The summed E-state index contributed by atoms with van der Waals surface area (Å²) in [6, 6.07) is 10.9. The fourth-order valence-corrected chi connectivity index (χ4v) is 2.58. The molecular weight excluding hydrogens is 356 g/mol. The average Bonchev–Trinajstić information content (AvgIpc) is 2.46. The highest BCUT2D eigenvalue weighted by molar-refractivity contribution is 9.10. The van der Waals surface area contributed by atoms with Gasteiger partial charge in [0.05, 0.1) is 13.2 Å². The number of halogens is 2. The fraction of sp³-hybridized carbons (Fsp3) is 0.250. The topological polar surface area (TPSA) is 38.7 Å². The van der Waals surface area contributed by atoms with Crippen molar-refractivity contribution in [3.63, 3.8) is 0 Å². The number of ether oxygens (including phenoxy) is 2. The second-order valence-corrected chi connectivity index (χ2v) is 5.96. The number of hydrogen-bond donors (Lipinski definition) is 1. The zero-order valence-corrected chi connectivity index (χ0v) is 14.1. The van der Waals surface area contributed by atoms with Gasteiger partial charge in [0.1, 0.15) is 18.1 Å². The van der Waals surface area contributed by atoms with Crippen molar-refractivity contribution in [1.29, 1.82) is 0 Å². The normalized spacial score (nSPS) is 12.0. The van der Waals surface area contributed by atoms with Crippen LogP contribution in [0.15, 0.2) is 40.9 Å². The smallest absolute Gasteiger partial charge is 0.125 e. The Morgan fingerprint density at radius 1 is 1.19 bits per heavy atom. The summed E-state index contributed by atoms with van der Waals surface area (Å²) in [5, 5.41) is 10.4. The molecule has 0 radical (unpaired) electrons. The van der Waals surface area contributed by atoms with Crippen molar-refractivity contribution in [1.82, 2.24) is 0 Å². The second kappa shape index (κ2) is 7.16. The highest BCUT2D eigenvalue weighted by Crippen LogP contribution is 2.30. The van der Waals surface area contributed by atoms with Gasteiger partial charge >= 0.3 is 0 Å². The van der Waals surface area contributed by atoms with Gasteiger partial charge < -0.3 is 14.6 Å². The average molecular weight is 372 g/mol. The van der Waals surface area contributed by atoms with Crippen LogP contribution in [0.2, 0.25) is 5.02 Å². The zero-order valence-electron chi connectivity index (χ0n) is 11.8. The van der Waals surface area contributed by atoms with E-state index in [2.05, 4.69) is 15.9 Å². The molecule has 0 aliphatic rings. The molecule has 0 heterocycles. The van der Waals surface area contributed by atoms with Crippen LogP contribution in [-0.2, 0) is 6.61 Å². The van der Waals surface area contributed by atoms with Crippen LogP contribution in [0.25, 0.3) is 0 Å². The third-order valence-corrected chi connectivity index (χ3v) is 3.78.